The first kappa shape index (κ1) is 12.9. The van der Waals surface area contributed by atoms with Gasteiger partial charge in [-0.1, -0.05) is 18.2 Å². The van der Waals surface area contributed by atoms with Crippen molar-refractivity contribution in [3.8, 4) is 0 Å². The molecule has 1 aromatic heterocycles. The minimum atomic E-state index is -0.608. The molecule has 1 atom stereocenters. The van der Waals surface area contributed by atoms with E-state index in [0.29, 0.717) is 18.4 Å². The lowest BCUT2D eigenvalue weighted by molar-refractivity contribution is -0.130. The molecule has 4 nitrogen and oxygen atoms in total. The summed E-state index contributed by atoms with van der Waals surface area (Å²) in [7, 11) is 0. The van der Waals surface area contributed by atoms with Crippen molar-refractivity contribution in [2.45, 2.75) is 38.7 Å². The molecule has 3 rings (SSSR count). The highest BCUT2D eigenvalue weighted by Gasteiger charge is 2.28. The quantitative estimate of drug-likeness (QED) is 0.786. The summed E-state index contributed by atoms with van der Waals surface area (Å²) in [6, 6.07) is 7.46. The van der Waals surface area contributed by atoms with Crippen LogP contribution in [0.15, 0.2) is 28.7 Å². The molecule has 0 amide bonds. The first-order valence-electron chi connectivity index (χ1n) is 6.88. The van der Waals surface area contributed by atoms with Crippen LogP contribution < -0.4 is 0 Å². The van der Waals surface area contributed by atoms with Gasteiger partial charge in [0.1, 0.15) is 5.58 Å². The topological polar surface area (TPSA) is 56.5 Å². The number of Topliss-reactive ketones (excluding diaryl/α,β-unsaturated/α-hetero) is 1. The van der Waals surface area contributed by atoms with Crippen LogP contribution in [0, 0.1) is 6.92 Å². The van der Waals surface area contributed by atoms with Crippen molar-refractivity contribution < 1.29 is 18.7 Å². The summed E-state index contributed by atoms with van der Waals surface area (Å²) in [6.07, 6.45) is 2.31. The van der Waals surface area contributed by atoms with Crippen molar-refractivity contribution >= 4 is 22.7 Å². The fourth-order valence-electron chi connectivity index (χ4n) is 2.63. The molecule has 0 spiro atoms. The van der Waals surface area contributed by atoms with Gasteiger partial charge in [0.15, 0.2) is 11.9 Å². The summed E-state index contributed by atoms with van der Waals surface area (Å²) in [6.45, 7) is 1.82. The lowest BCUT2D eigenvalue weighted by atomic mass is 9.96. The van der Waals surface area contributed by atoms with Crippen LogP contribution in [-0.4, -0.2) is 17.9 Å². The van der Waals surface area contributed by atoms with Gasteiger partial charge < -0.3 is 9.15 Å². The van der Waals surface area contributed by atoms with E-state index in [4.69, 9.17) is 9.15 Å². The number of furan rings is 1. The molecule has 1 fully saturated rings. The second-order valence-electron chi connectivity index (χ2n) is 5.16. The minimum absolute atomic E-state index is 0.0124. The van der Waals surface area contributed by atoms with Gasteiger partial charge in [-0.2, -0.15) is 0 Å². The highest BCUT2D eigenvalue weighted by Crippen LogP contribution is 2.26. The molecule has 1 aromatic carbocycles. The number of esters is 1. The highest BCUT2D eigenvalue weighted by molar-refractivity contribution is 5.97. The second kappa shape index (κ2) is 5.12. The predicted molar refractivity (Wildman–Crippen MR) is 73.6 cm³/mol. The maximum atomic E-state index is 12.2. The average molecular weight is 272 g/mol. The van der Waals surface area contributed by atoms with Gasteiger partial charge in [0, 0.05) is 17.4 Å². The predicted octanol–water partition coefficient (Wildman–Crippen LogP) is 3.41. The molecule has 104 valence electrons. The van der Waals surface area contributed by atoms with Gasteiger partial charge in [-0.15, -0.1) is 0 Å². The SMILES string of the molecule is Cc1c(C(=O)O[C@H]2CCCCC2=O)oc2ccccc12. The summed E-state index contributed by atoms with van der Waals surface area (Å²) in [5, 5.41) is 0.898. The fraction of sp³-hybridized carbons (Fsp3) is 0.375. The number of para-hydroxylation sites is 1. The van der Waals surface area contributed by atoms with Crippen molar-refractivity contribution in [2.24, 2.45) is 0 Å². The standard InChI is InChI=1S/C16H16O4/c1-10-11-6-2-4-8-13(11)19-15(10)16(18)20-14-9-5-3-7-12(14)17/h2,4,6,8,14H,3,5,7,9H2,1H3/t14-/m0/s1. The van der Waals surface area contributed by atoms with Crippen LogP contribution in [0.5, 0.6) is 0 Å². The zero-order chi connectivity index (χ0) is 14.1. The van der Waals surface area contributed by atoms with Crippen LogP contribution in [0.2, 0.25) is 0 Å². The number of ketones is 1. The molecule has 1 saturated carbocycles. The summed E-state index contributed by atoms with van der Waals surface area (Å²) >= 11 is 0. The maximum absolute atomic E-state index is 12.2. The van der Waals surface area contributed by atoms with E-state index in [2.05, 4.69) is 0 Å². The smallest absolute Gasteiger partial charge is 0.375 e. The fourth-order valence-corrected chi connectivity index (χ4v) is 2.63. The molecule has 0 radical (unpaired) electrons. The minimum Gasteiger partial charge on any atom is -0.449 e. The van der Waals surface area contributed by atoms with E-state index in [-0.39, 0.29) is 11.5 Å². The number of ether oxygens (including phenoxy) is 1. The van der Waals surface area contributed by atoms with Gasteiger partial charge in [0.25, 0.3) is 0 Å². The Morgan fingerprint density at radius 3 is 2.85 bits per heavy atom. The summed E-state index contributed by atoms with van der Waals surface area (Å²) < 4.78 is 10.9. The third-order valence-corrected chi connectivity index (χ3v) is 3.78. The monoisotopic (exact) mass is 272 g/mol. The van der Waals surface area contributed by atoms with Gasteiger partial charge in [-0.25, -0.2) is 4.79 Å². The highest BCUT2D eigenvalue weighted by atomic mass is 16.6. The Morgan fingerprint density at radius 2 is 2.10 bits per heavy atom. The number of rotatable bonds is 2. The van der Waals surface area contributed by atoms with E-state index in [0.717, 1.165) is 23.8 Å². The number of fused-ring (bicyclic) bond motifs is 1. The lowest BCUT2D eigenvalue weighted by Gasteiger charge is -2.20. The van der Waals surface area contributed by atoms with Gasteiger partial charge in [0.05, 0.1) is 0 Å². The Labute approximate surface area is 116 Å². The van der Waals surface area contributed by atoms with Crippen LogP contribution in [0.3, 0.4) is 0 Å². The molecule has 0 unspecified atom stereocenters. The second-order valence-corrected chi connectivity index (χ2v) is 5.16. The van der Waals surface area contributed by atoms with Crippen LogP contribution in [0.25, 0.3) is 11.0 Å². The number of hydrogen-bond acceptors (Lipinski definition) is 4. The van der Waals surface area contributed by atoms with E-state index >= 15 is 0 Å². The van der Waals surface area contributed by atoms with Crippen molar-refractivity contribution in [1.29, 1.82) is 0 Å². The molecule has 1 aliphatic rings. The van der Waals surface area contributed by atoms with Crippen LogP contribution >= 0.6 is 0 Å². The first-order valence-corrected chi connectivity index (χ1v) is 6.88. The summed E-state index contributed by atoms with van der Waals surface area (Å²) in [5.74, 6) is -0.332. The van der Waals surface area contributed by atoms with E-state index < -0.39 is 12.1 Å². The Bertz CT molecular complexity index is 668. The molecule has 2 aromatic rings. The molecule has 0 saturated heterocycles. The summed E-state index contributed by atoms with van der Waals surface area (Å²) in [4.78, 5) is 23.9. The van der Waals surface area contributed by atoms with Crippen molar-refractivity contribution in [1.82, 2.24) is 0 Å². The molecule has 20 heavy (non-hydrogen) atoms. The number of carbonyl (C=O) groups is 2. The molecule has 1 aliphatic carbocycles. The van der Waals surface area contributed by atoms with E-state index in [1.165, 1.54) is 0 Å². The lowest BCUT2D eigenvalue weighted by Crippen LogP contribution is -2.30. The number of benzene rings is 1. The maximum Gasteiger partial charge on any atom is 0.375 e. The van der Waals surface area contributed by atoms with E-state index in [1.54, 1.807) is 0 Å². The van der Waals surface area contributed by atoms with Crippen molar-refractivity contribution in [3.05, 3.63) is 35.6 Å². The molecular weight excluding hydrogens is 256 g/mol. The largest absolute Gasteiger partial charge is 0.449 e. The van der Waals surface area contributed by atoms with Crippen molar-refractivity contribution in [2.75, 3.05) is 0 Å². The molecule has 0 N–H and O–H groups in total. The average Bonchev–Trinajstić information content (AvgIpc) is 2.79. The normalized spacial score (nSPS) is 19.2. The van der Waals surface area contributed by atoms with Gasteiger partial charge in [-0.05, 0) is 32.3 Å². The van der Waals surface area contributed by atoms with E-state index in [9.17, 15) is 9.59 Å². The Hall–Kier alpha value is -2.10. The van der Waals surface area contributed by atoms with Gasteiger partial charge >= 0.3 is 5.97 Å². The number of carbonyl (C=O) groups excluding carboxylic acids is 2. The van der Waals surface area contributed by atoms with Crippen molar-refractivity contribution in [3.63, 3.8) is 0 Å². The van der Waals surface area contributed by atoms with Crippen LogP contribution in [0.4, 0.5) is 0 Å². The Morgan fingerprint density at radius 1 is 1.30 bits per heavy atom. The Balaban J connectivity index is 1.85. The summed E-state index contributed by atoms with van der Waals surface area (Å²) in [5.41, 5.74) is 1.42. The number of aryl methyl sites for hydroxylation is 1. The molecule has 4 heteroatoms. The third kappa shape index (κ3) is 2.22. The number of hydrogen-bond donors (Lipinski definition) is 0. The zero-order valence-electron chi connectivity index (χ0n) is 11.3. The van der Waals surface area contributed by atoms with Gasteiger partial charge in [-0.3, -0.25) is 4.79 Å². The van der Waals surface area contributed by atoms with E-state index in [1.807, 2.05) is 31.2 Å². The molecule has 0 aliphatic heterocycles. The van der Waals surface area contributed by atoms with Crippen LogP contribution in [-0.2, 0) is 9.53 Å². The molecular formula is C16H16O4. The Kier molecular flexibility index (Phi) is 3.30. The van der Waals surface area contributed by atoms with Gasteiger partial charge in [0.2, 0.25) is 5.76 Å². The molecule has 1 heterocycles. The zero-order valence-corrected chi connectivity index (χ0v) is 11.3. The third-order valence-electron chi connectivity index (χ3n) is 3.78. The molecule has 0 bridgehead atoms. The van der Waals surface area contributed by atoms with Crippen LogP contribution in [0.1, 0.15) is 41.8 Å². The first-order chi connectivity index (χ1) is 9.66.